The van der Waals surface area contributed by atoms with Crippen molar-refractivity contribution in [3.05, 3.63) is 35.3 Å². The lowest BCUT2D eigenvalue weighted by Gasteiger charge is -2.41. The van der Waals surface area contributed by atoms with Crippen LogP contribution in [0.25, 0.3) is 0 Å². The van der Waals surface area contributed by atoms with Gasteiger partial charge in [0, 0.05) is 29.7 Å². The van der Waals surface area contributed by atoms with Gasteiger partial charge in [-0.1, -0.05) is 0 Å². The highest BCUT2D eigenvalue weighted by Crippen LogP contribution is 2.37. The average molecular weight is 401 g/mol. The van der Waals surface area contributed by atoms with Crippen molar-refractivity contribution in [2.45, 2.75) is 64.1 Å². The summed E-state index contributed by atoms with van der Waals surface area (Å²) in [5, 5.41) is 2.75. The van der Waals surface area contributed by atoms with Crippen LogP contribution in [0.5, 0.6) is 5.75 Å². The van der Waals surface area contributed by atoms with E-state index in [9.17, 15) is 0 Å². The Morgan fingerprint density at radius 2 is 1.86 bits per heavy atom. The van der Waals surface area contributed by atoms with Gasteiger partial charge in [-0.15, -0.1) is 11.3 Å². The number of nitrogen functional groups attached to an aromatic ring is 1. The third kappa shape index (κ3) is 4.28. The summed E-state index contributed by atoms with van der Waals surface area (Å²) >= 11 is 1.53. The summed E-state index contributed by atoms with van der Waals surface area (Å²) in [6, 6.07) is 8.95. The summed E-state index contributed by atoms with van der Waals surface area (Å²) in [5.41, 5.74) is 8.39. The third-order valence-electron chi connectivity index (χ3n) is 5.93. The predicted molar refractivity (Wildman–Crippen MR) is 117 cm³/mol. The molecule has 2 saturated heterocycles. The number of thiazole rings is 1. The maximum absolute atomic E-state index is 6.33. The van der Waals surface area contributed by atoms with Crippen molar-refractivity contribution in [1.29, 1.82) is 0 Å². The molecule has 0 unspecified atom stereocenters. The van der Waals surface area contributed by atoms with Gasteiger partial charge in [0.15, 0.2) is 5.13 Å². The second kappa shape index (κ2) is 7.91. The maximum Gasteiger partial charge on any atom is 0.180 e. The molecule has 5 nitrogen and oxygen atoms in total. The minimum Gasteiger partial charge on any atom is -0.489 e. The van der Waals surface area contributed by atoms with E-state index in [1.165, 1.54) is 36.4 Å². The van der Waals surface area contributed by atoms with Crippen LogP contribution in [-0.2, 0) is 0 Å². The number of rotatable bonds is 4. The van der Waals surface area contributed by atoms with Crippen LogP contribution in [0.2, 0.25) is 0 Å². The van der Waals surface area contributed by atoms with E-state index in [0.717, 1.165) is 37.4 Å². The fourth-order valence-corrected chi connectivity index (χ4v) is 5.00. The van der Waals surface area contributed by atoms with Crippen LogP contribution >= 0.6 is 11.3 Å². The highest BCUT2D eigenvalue weighted by molar-refractivity contribution is 7.13. The molecule has 0 radical (unpaired) electrons. The number of hydrogen-bond donors (Lipinski definition) is 1. The number of hydrogen-bond acceptors (Lipinski definition) is 6. The van der Waals surface area contributed by atoms with Crippen molar-refractivity contribution in [2.24, 2.45) is 0 Å². The summed E-state index contributed by atoms with van der Waals surface area (Å²) < 4.78 is 6.33. The van der Waals surface area contributed by atoms with E-state index in [-0.39, 0.29) is 11.6 Å². The van der Waals surface area contributed by atoms with Gasteiger partial charge in [0.05, 0.1) is 11.7 Å². The first-order valence-corrected chi connectivity index (χ1v) is 11.3. The molecule has 152 valence electrons. The third-order valence-corrected chi connectivity index (χ3v) is 6.62. The molecule has 2 N–H and O–H groups in total. The topological polar surface area (TPSA) is 54.6 Å². The first kappa shape index (κ1) is 19.5. The van der Waals surface area contributed by atoms with E-state index in [1.807, 2.05) is 0 Å². The summed E-state index contributed by atoms with van der Waals surface area (Å²) in [7, 11) is 0. The normalized spacial score (nSPS) is 23.9. The van der Waals surface area contributed by atoms with Crippen molar-refractivity contribution in [2.75, 3.05) is 30.3 Å². The van der Waals surface area contributed by atoms with E-state index >= 15 is 0 Å². The molecule has 2 fully saturated rings. The van der Waals surface area contributed by atoms with E-state index in [1.54, 1.807) is 0 Å². The molecule has 0 amide bonds. The Bertz CT molecular complexity index is 783. The Hall–Kier alpha value is -1.79. The Morgan fingerprint density at radius 1 is 1.11 bits per heavy atom. The van der Waals surface area contributed by atoms with Crippen LogP contribution < -0.4 is 15.4 Å². The number of ether oxygens (including phenoxy) is 1. The molecular formula is C22H32N4OS. The Morgan fingerprint density at radius 3 is 2.54 bits per heavy atom. The molecule has 1 aromatic carbocycles. The van der Waals surface area contributed by atoms with Crippen LogP contribution in [0.4, 0.5) is 10.8 Å². The second-order valence-electron chi connectivity index (χ2n) is 8.95. The second-order valence-corrected chi connectivity index (χ2v) is 9.84. The maximum atomic E-state index is 6.33. The van der Waals surface area contributed by atoms with Crippen LogP contribution in [0.15, 0.2) is 29.6 Å². The standard InChI is InChI=1S/C22H32N4OS/c1-22(2,3)25-12-4-6-18(14-25)27-17-10-8-16(9-11-17)26-13-5-7-20(26)19-15-28-21(23)24-19/h8-11,15,18,20H,4-7,12-14H2,1-3H3,(H2,23,24)/t18-,20-/m1/s1. The van der Waals surface area contributed by atoms with Crippen molar-refractivity contribution < 1.29 is 4.74 Å². The minimum absolute atomic E-state index is 0.204. The highest BCUT2D eigenvalue weighted by atomic mass is 32.1. The number of aromatic nitrogens is 1. The van der Waals surface area contributed by atoms with Crippen LogP contribution in [0, 0.1) is 0 Å². The van der Waals surface area contributed by atoms with Crippen molar-refractivity contribution in [3.8, 4) is 5.75 Å². The Labute approximate surface area is 172 Å². The summed E-state index contributed by atoms with van der Waals surface area (Å²) in [6.07, 6.45) is 4.92. The average Bonchev–Trinajstić information content (AvgIpc) is 3.31. The predicted octanol–water partition coefficient (Wildman–Crippen LogP) is 4.71. The molecule has 1 aromatic heterocycles. The van der Waals surface area contributed by atoms with E-state index in [4.69, 9.17) is 10.5 Å². The number of benzene rings is 1. The monoisotopic (exact) mass is 400 g/mol. The largest absolute Gasteiger partial charge is 0.489 e. The van der Waals surface area contributed by atoms with E-state index in [0.29, 0.717) is 11.2 Å². The quantitative estimate of drug-likeness (QED) is 0.805. The molecule has 6 heteroatoms. The van der Waals surface area contributed by atoms with Gasteiger partial charge in [-0.05, 0) is 77.3 Å². The molecule has 28 heavy (non-hydrogen) atoms. The fourth-order valence-electron chi connectivity index (χ4n) is 4.39. The van der Waals surface area contributed by atoms with Gasteiger partial charge in [0.2, 0.25) is 0 Å². The minimum atomic E-state index is 0.204. The van der Waals surface area contributed by atoms with Crippen LogP contribution in [0.1, 0.15) is 58.2 Å². The first-order valence-electron chi connectivity index (χ1n) is 10.4. The number of anilines is 2. The molecule has 2 aliphatic heterocycles. The number of nitrogens with two attached hydrogens (primary N) is 1. The van der Waals surface area contributed by atoms with Crippen molar-refractivity contribution >= 4 is 22.2 Å². The molecule has 2 aromatic rings. The van der Waals surface area contributed by atoms with Gasteiger partial charge in [-0.2, -0.15) is 0 Å². The smallest absolute Gasteiger partial charge is 0.180 e. The zero-order chi connectivity index (χ0) is 19.7. The molecule has 0 spiro atoms. The van der Waals surface area contributed by atoms with Gasteiger partial charge < -0.3 is 15.4 Å². The fraction of sp³-hybridized carbons (Fsp3) is 0.591. The lowest BCUT2D eigenvalue weighted by atomic mass is 9.99. The zero-order valence-electron chi connectivity index (χ0n) is 17.2. The molecule has 2 aliphatic rings. The lowest BCUT2D eigenvalue weighted by molar-refractivity contribution is 0.0347. The molecular weight excluding hydrogens is 368 g/mol. The van der Waals surface area contributed by atoms with E-state index in [2.05, 4.69) is 65.2 Å². The number of piperidine rings is 1. The zero-order valence-corrected chi connectivity index (χ0v) is 18.0. The highest BCUT2D eigenvalue weighted by Gasteiger charge is 2.30. The van der Waals surface area contributed by atoms with Crippen molar-refractivity contribution in [3.63, 3.8) is 0 Å². The summed E-state index contributed by atoms with van der Waals surface area (Å²) in [5.74, 6) is 0.971. The van der Waals surface area contributed by atoms with Gasteiger partial charge >= 0.3 is 0 Å². The SMILES string of the molecule is CC(C)(C)N1CCC[C@@H](Oc2ccc(N3CCC[C@@H]3c3csc(N)n3)cc2)C1. The molecule has 2 atom stereocenters. The van der Waals surface area contributed by atoms with Crippen molar-refractivity contribution in [1.82, 2.24) is 9.88 Å². The van der Waals surface area contributed by atoms with Crippen LogP contribution in [-0.4, -0.2) is 41.2 Å². The number of likely N-dealkylation sites (tertiary alicyclic amines) is 1. The number of nitrogens with zero attached hydrogens (tertiary/aromatic N) is 3. The van der Waals surface area contributed by atoms with Gasteiger partial charge in [0.25, 0.3) is 0 Å². The van der Waals surface area contributed by atoms with Gasteiger partial charge in [-0.25, -0.2) is 4.98 Å². The molecule has 3 heterocycles. The van der Waals surface area contributed by atoms with E-state index < -0.39 is 0 Å². The molecule has 0 saturated carbocycles. The molecule has 0 bridgehead atoms. The first-order chi connectivity index (χ1) is 13.4. The lowest BCUT2D eigenvalue weighted by Crippen LogP contribution is -2.50. The van der Waals surface area contributed by atoms with Gasteiger partial charge in [-0.3, -0.25) is 4.90 Å². The van der Waals surface area contributed by atoms with Crippen LogP contribution in [0.3, 0.4) is 0 Å². The Kier molecular flexibility index (Phi) is 5.52. The molecule has 4 rings (SSSR count). The summed E-state index contributed by atoms with van der Waals surface area (Å²) in [6.45, 7) is 10.1. The Balaban J connectivity index is 1.41. The van der Waals surface area contributed by atoms with Gasteiger partial charge in [0.1, 0.15) is 11.9 Å². The summed E-state index contributed by atoms with van der Waals surface area (Å²) in [4.78, 5) is 9.49. The molecule has 0 aliphatic carbocycles.